The lowest BCUT2D eigenvalue weighted by Crippen LogP contribution is -2.50. The molecule has 3 aromatic rings. The number of fused-ring (bicyclic) bond motifs is 1. The Morgan fingerprint density at radius 1 is 1.14 bits per heavy atom. The summed E-state index contributed by atoms with van der Waals surface area (Å²) in [7, 11) is 0. The van der Waals surface area contributed by atoms with E-state index in [4.69, 9.17) is 15.0 Å². The molecule has 37 heavy (non-hydrogen) atoms. The van der Waals surface area contributed by atoms with E-state index in [1.54, 1.807) is 0 Å². The molecule has 5 atom stereocenters. The molecular formula is C30H40N6O. The van der Waals surface area contributed by atoms with Crippen LogP contribution >= 0.6 is 0 Å². The zero-order valence-corrected chi connectivity index (χ0v) is 22.6. The second-order valence-electron chi connectivity index (χ2n) is 10.7. The molecule has 0 radical (unpaired) electrons. The Bertz CT molecular complexity index is 1260. The Morgan fingerprint density at radius 3 is 2.78 bits per heavy atom. The van der Waals surface area contributed by atoms with E-state index in [0.717, 1.165) is 55.9 Å². The van der Waals surface area contributed by atoms with Crippen molar-refractivity contribution in [2.24, 2.45) is 0 Å². The van der Waals surface area contributed by atoms with E-state index >= 15 is 0 Å². The molecule has 0 spiro atoms. The molecule has 2 N–H and O–H groups in total. The van der Waals surface area contributed by atoms with Crippen molar-refractivity contribution in [3.05, 3.63) is 65.0 Å². The third-order valence-corrected chi connectivity index (χ3v) is 8.45. The number of ether oxygens (including phenoxy) is 1. The molecule has 0 aliphatic carbocycles. The van der Waals surface area contributed by atoms with Gasteiger partial charge in [0.15, 0.2) is 0 Å². The number of aromatic nitrogens is 2. The number of para-hydroxylation sites is 2. The summed E-state index contributed by atoms with van der Waals surface area (Å²) in [5.74, 6) is 1.50. The third-order valence-electron chi connectivity index (χ3n) is 8.45. The number of nitrogens with one attached hydrogen (secondary N) is 2. The number of hydrogen-bond donors (Lipinski definition) is 2. The average Bonchev–Trinajstić information content (AvgIpc) is 3.47. The van der Waals surface area contributed by atoms with Gasteiger partial charge in [-0.05, 0) is 82.4 Å². The summed E-state index contributed by atoms with van der Waals surface area (Å²) in [5, 5.41) is 16.7. The topological polar surface area (TPSA) is 78.1 Å². The average molecular weight is 501 g/mol. The maximum atomic E-state index is 9.14. The van der Waals surface area contributed by atoms with Crippen molar-refractivity contribution in [3.8, 4) is 6.07 Å². The molecule has 5 rings (SSSR count). The Morgan fingerprint density at radius 2 is 1.97 bits per heavy atom. The SMILES string of the molecule is Cc1ccc(C2CCNC2C(C)N2CCCNCC2c2nc3ccccc3n2C(C)OCC#N)cc1C. The van der Waals surface area contributed by atoms with E-state index in [1.165, 1.54) is 16.7 Å². The Labute approximate surface area is 220 Å². The van der Waals surface area contributed by atoms with Gasteiger partial charge in [0.25, 0.3) is 0 Å². The quantitative estimate of drug-likeness (QED) is 0.494. The molecule has 7 nitrogen and oxygen atoms in total. The summed E-state index contributed by atoms with van der Waals surface area (Å²) in [5.41, 5.74) is 6.18. The van der Waals surface area contributed by atoms with Gasteiger partial charge < -0.3 is 15.4 Å². The molecule has 2 fully saturated rings. The maximum Gasteiger partial charge on any atom is 0.136 e. The van der Waals surface area contributed by atoms with Gasteiger partial charge in [-0.1, -0.05) is 30.3 Å². The van der Waals surface area contributed by atoms with Crippen LogP contribution in [0.25, 0.3) is 11.0 Å². The minimum atomic E-state index is -0.282. The highest BCUT2D eigenvalue weighted by Gasteiger charge is 2.39. The third kappa shape index (κ3) is 5.17. The van der Waals surface area contributed by atoms with Crippen LogP contribution in [-0.4, -0.2) is 59.3 Å². The number of nitriles is 1. The van der Waals surface area contributed by atoms with Crippen LogP contribution in [0.2, 0.25) is 0 Å². The van der Waals surface area contributed by atoms with Crippen molar-refractivity contribution in [1.82, 2.24) is 25.1 Å². The molecule has 0 bridgehead atoms. The fraction of sp³-hybridized carbons (Fsp3) is 0.533. The smallest absolute Gasteiger partial charge is 0.136 e. The van der Waals surface area contributed by atoms with Gasteiger partial charge in [-0.2, -0.15) is 5.26 Å². The van der Waals surface area contributed by atoms with Gasteiger partial charge in [-0.3, -0.25) is 9.47 Å². The van der Waals surface area contributed by atoms with Crippen molar-refractivity contribution in [2.45, 2.75) is 70.8 Å². The van der Waals surface area contributed by atoms with E-state index in [0.29, 0.717) is 18.0 Å². The second-order valence-corrected chi connectivity index (χ2v) is 10.7. The molecule has 1 aromatic heterocycles. The molecule has 2 aromatic carbocycles. The molecule has 7 heteroatoms. The lowest BCUT2D eigenvalue weighted by Gasteiger charge is -2.40. The highest BCUT2D eigenvalue weighted by Crippen LogP contribution is 2.36. The first kappa shape index (κ1) is 25.9. The predicted molar refractivity (Wildman–Crippen MR) is 147 cm³/mol. The van der Waals surface area contributed by atoms with Crippen LogP contribution in [0.15, 0.2) is 42.5 Å². The van der Waals surface area contributed by atoms with Gasteiger partial charge >= 0.3 is 0 Å². The highest BCUT2D eigenvalue weighted by molar-refractivity contribution is 5.76. The fourth-order valence-corrected chi connectivity index (χ4v) is 6.35. The predicted octanol–water partition coefficient (Wildman–Crippen LogP) is 4.58. The van der Waals surface area contributed by atoms with Gasteiger partial charge in [0.05, 0.1) is 23.1 Å². The molecule has 5 unspecified atom stereocenters. The van der Waals surface area contributed by atoms with Crippen LogP contribution < -0.4 is 10.6 Å². The number of nitrogens with zero attached hydrogens (tertiary/aromatic N) is 4. The minimum absolute atomic E-state index is 0.0553. The molecule has 2 aliphatic rings. The van der Waals surface area contributed by atoms with Crippen molar-refractivity contribution >= 4 is 11.0 Å². The highest BCUT2D eigenvalue weighted by atomic mass is 16.5. The van der Waals surface area contributed by atoms with Crippen molar-refractivity contribution < 1.29 is 4.74 Å². The van der Waals surface area contributed by atoms with Crippen LogP contribution in [0.5, 0.6) is 0 Å². The van der Waals surface area contributed by atoms with E-state index < -0.39 is 0 Å². The van der Waals surface area contributed by atoms with Crippen LogP contribution in [0.1, 0.15) is 67.4 Å². The lowest BCUT2D eigenvalue weighted by molar-refractivity contribution is 0.0317. The van der Waals surface area contributed by atoms with E-state index in [9.17, 15) is 0 Å². The number of hydrogen-bond acceptors (Lipinski definition) is 6. The Balaban J connectivity index is 1.51. The largest absolute Gasteiger partial charge is 0.343 e. The number of imidazole rings is 1. The van der Waals surface area contributed by atoms with Crippen molar-refractivity contribution in [3.63, 3.8) is 0 Å². The number of benzene rings is 2. The summed E-state index contributed by atoms with van der Waals surface area (Å²) in [6.07, 6.45) is 1.98. The van der Waals surface area contributed by atoms with E-state index in [1.807, 2.05) is 19.1 Å². The Kier molecular flexibility index (Phi) is 7.92. The first-order chi connectivity index (χ1) is 18.0. The van der Waals surface area contributed by atoms with Crippen molar-refractivity contribution in [1.29, 1.82) is 5.26 Å². The summed E-state index contributed by atoms with van der Waals surface area (Å²) in [6, 6.07) is 18.2. The molecule has 0 saturated carbocycles. The van der Waals surface area contributed by atoms with E-state index in [-0.39, 0.29) is 18.9 Å². The summed E-state index contributed by atoms with van der Waals surface area (Å²) in [6.45, 7) is 12.7. The van der Waals surface area contributed by atoms with Gasteiger partial charge in [-0.25, -0.2) is 4.98 Å². The summed E-state index contributed by atoms with van der Waals surface area (Å²) < 4.78 is 8.11. The molecular weight excluding hydrogens is 460 g/mol. The first-order valence-corrected chi connectivity index (χ1v) is 13.7. The Hall–Kier alpha value is -2.76. The van der Waals surface area contributed by atoms with E-state index in [2.05, 4.69) is 77.3 Å². The zero-order valence-electron chi connectivity index (χ0n) is 22.6. The van der Waals surface area contributed by atoms with Gasteiger partial charge in [0, 0.05) is 31.1 Å². The standard InChI is InChI=1S/C30H40N6O/c1-20-10-11-24(18-21(20)2)25-12-15-33-29(25)22(3)35-16-7-14-32-19-28(35)30-34-26-8-5-6-9-27(26)36(30)23(4)37-17-13-31/h5-6,8-11,18,22-23,25,28-29,32-33H,7,12,14-17,19H2,1-4H3. The van der Waals surface area contributed by atoms with Gasteiger partial charge in [0.1, 0.15) is 18.7 Å². The molecule has 196 valence electrons. The van der Waals surface area contributed by atoms with Crippen molar-refractivity contribution in [2.75, 3.05) is 32.8 Å². The first-order valence-electron chi connectivity index (χ1n) is 13.7. The normalized spacial score (nSPS) is 24.6. The monoisotopic (exact) mass is 500 g/mol. The van der Waals surface area contributed by atoms with Crippen LogP contribution in [-0.2, 0) is 4.74 Å². The summed E-state index contributed by atoms with van der Waals surface area (Å²) >= 11 is 0. The van der Waals surface area contributed by atoms with Gasteiger partial charge in [0.2, 0.25) is 0 Å². The fourth-order valence-electron chi connectivity index (χ4n) is 6.35. The molecule has 3 heterocycles. The van der Waals surface area contributed by atoms with Crippen LogP contribution in [0, 0.1) is 25.2 Å². The van der Waals surface area contributed by atoms with Gasteiger partial charge in [-0.15, -0.1) is 0 Å². The van der Waals surface area contributed by atoms with Crippen LogP contribution in [0.4, 0.5) is 0 Å². The number of rotatable bonds is 7. The van der Waals surface area contributed by atoms with Crippen LogP contribution in [0.3, 0.4) is 0 Å². The minimum Gasteiger partial charge on any atom is -0.343 e. The lowest BCUT2D eigenvalue weighted by atomic mass is 9.86. The second kappa shape index (κ2) is 11.3. The maximum absolute atomic E-state index is 9.14. The summed E-state index contributed by atoms with van der Waals surface area (Å²) in [4.78, 5) is 7.82. The zero-order chi connectivity index (χ0) is 25.9. The molecule has 2 saturated heterocycles. The molecule has 0 amide bonds. The number of aryl methyl sites for hydroxylation is 2. The molecule has 2 aliphatic heterocycles.